The van der Waals surface area contributed by atoms with Crippen LogP contribution in [0.3, 0.4) is 0 Å². The van der Waals surface area contributed by atoms with Gasteiger partial charge in [-0.3, -0.25) is 14.4 Å². The summed E-state index contributed by atoms with van der Waals surface area (Å²) in [6.07, 6.45) is 7.26. The Balaban J connectivity index is 0.000000930. The number of carboxylic acid groups (broad SMARTS) is 1. The molecule has 2 N–H and O–H groups in total. The standard InChI is InChI=1S/C20H31BrO3.C16H23BrO3.C11H21ClO2.C9H11BrO/c1-7-16-12-17(21)15(4)11-18(16)23-10-8-9-20(5,6)19(22)24-13-14(2)3;1-5-12-10-13(17)11(2)9-14(12)20-8-6-7-16(3,4)15(18)19;1-9(2)8-14-10(13)11(3,4)6-5-7-12;1-3-7-5-8(10)6(2)4-9(7)11/h11-12,14H,7-10,13H2,1-6H3;9-10H,5-8H2,1-4H3,(H,18,19);9H,5-8H2,1-4H3;4-5,11H,3H2,1-2H3. The molecular weight excluding hydrogens is 1090 g/mol. The minimum Gasteiger partial charge on any atom is -0.508 e. The molecule has 0 spiro atoms. The lowest BCUT2D eigenvalue weighted by Gasteiger charge is -2.23. The number of phenols is 1. The molecule has 0 fully saturated rings. The number of aromatic hydroxyl groups is 1. The fourth-order valence-electron chi connectivity index (χ4n) is 6.29. The van der Waals surface area contributed by atoms with Gasteiger partial charge in [-0.05, 0) is 202 Å². The van der Waals surface area contributed by atoms with Crippen LogP contribution < -0.4 is 9.47 Å². The Morgan fingerprint density at radius 2 is 0.899 bits per heavy atom. The number of aryl methyl sites for hydroxylation is 6. The van der Waals surface area contributed by atoms with Crippen molar-refractivity contribution in [3.05, 3.63) is 83.2 Å². The van der Waals surface area contributed by atoms with Crippen molar-refractivity contribution in [2.45, 2.75) is 169 Å². The maximum absolute atomic E-state index is 12.1. The van der Waals surface area contributed by atoms with Gasteiger partial charge < -0.3 is 29.2 Å². The third-order valence-electron chi connectivity index (χ3n) is 11.3. The van der Waals surface area contributed by atoms with Crippen molar-refractivity contribution in [1.29, 1.82) is 0 Å². The van der Waals surface area contributed by atoms with Crippen molar-refractivity contribution in [3.63, 3.8) is 0 Å². The van der Waals surface area contributed by atoms with E-state index < -0.39 is 22.2 Å². The average molecular weight is 1180 g/mol. The number of phenolic OH excluding ortho intramolecular Hbond substituents is 1. The second-order valence-electron chi connectivity index (χ2n) is 20.3. The zero-order valence-corrected chi connectivity index (χ0v) is 50.3. The first-order chi connectivity index (χ1) is 32.0. The summed E-state index contributed by atoms with van der Waals surface area (Å²) in [6, 6.07) is 12.1. The van der Waals surface area contributed by atoms with E-state index in [-0.39, 0.29) is 11.9 Å². The number of hydrogen-bond donors (Lipinski definition) is 2. The second-order valence-corrected chi connectivity index (χ2v) is 23.3. The fourth-order valence-corrected chi connectivity index (χ4v) is 7.60. The topological polar surface area (TPSA) is 129 Å². The summed E-state index contributed by atoms with van der Waals surface area (Å²) in [5.41, 5.74) is 5.17. The molecule has 0 aromatic heterocycles. The minimum atomic E-state index is -0.758. The Morgan fingerprint density at radius 3 is 1.23 bits per heavy atom. The number of rotatable bonds is 23. The molecule has 0 atom stereocenters. The monoisotopic (exact) mass is 1170 g/mol. The maximum atomic E-state index is 12.1. The van der Waals surface area contributed by atoms with Crippen LogP contribution in [0.5, 0.6) is 17.2 Å². The normalized spacial score (nSPS) is 11.4. The molecule has 3 aromatic rings. The van der Waals surface area contributed by atoms with Crippen LogP contribution in [0.1, 0.15) is 162 Å². The van der Waals surface area contributed by atoms with Crippen LogP contribution in [0.4, 0.5) is 0 Å². The molecule has 0 heterocycles. The Bertz CT molecular complexity index is 2030. The molecule has 9 nitrogen and oxygen atoms in total. The molecule has 0 saturated carbocycles. The Labute approximate surface area is 447 Å². The predicted molar refractivity (Wildman–Crippen MR) is 296 cm³/mol. The number of esters is 2. The van der Waals surface area contributed by atoms with E-state index in [0.717, 1.165) is 93.0 Å². The van der Waals surface area contributed by atoms with Gasteiger partial charge in [-0.15, -0.1) is 11.6 Å². The van der Waals surface area contributed by atoms with Gasteiger partial charge in [0, 0.05) is 19.3 Å². The van der Waals surface area contributed by atoms with Gasteiger partial charge in [0.25, 0.3) is 0 Å². The smallest absolute Gasteiger partial charge is 0.311 e. The van der Waals surface area contributed by atoms with Gasteiger partial charge in [0.1, 0.15) is 17.2 Å². The van der Waals surface area contributed by atoms with Crippen molar-refractivity contribution in [2.24, 2.45) is 28.1 Å². The number of carboxylic acids is 1. The third-order valence-corrected chi connectivity index (χ3v) is 14.1. The first kappa shape index (κ1) is 66.2. The lowest BCUT2D eigenvalue weighted by Crippen LogP contribution is -2.28. The highest BCUT2D eigenvalue weighted by atomic mass is 79.9. The minimum absolute atomic E-state index is 0.115. The van der Waals surface area contributed by atoms with Crippen LogP contribution in [0, 0.1) is 48.9 Å². The molecule has 0 aliphatic heterocycles. The van der Waals surface area contributed by atoms with Gasteiger partial charge in [-0.1, -0.05) is 96.3 Å². The molecule has 0 bridgehead atoms. The molecule has 3 rings (SSSR count). The highest BCUT2D eigenvalue weighted by Gasteiger charge is 2.30. The summed E-state index contributed by atoms with van der Waals surface area (Å²) in [5.74, 6) is 2.60. The molecule has 0 unspecified atom stereocenters. The average Bonchev–Trinajstić information content (AvgIpc) is 3.27. The van der Waals surface area contributed by atoms with Crippen molar-refractivity contribution in [2.75, 3.05) is 32.3 Å². The molecule has 0 aliphatic carbocycles. The maximum Gasteiger partial charge on any atom is 0.311 e. The van der Waals surface area contributed by atoms with E-state index in [0.29, 0.717) is 56.3 Å². The number of alkyl halides is 1. The zero-order valence-electron chi connectivity index (χ0n) is 44.8. The summed E-state index contributed by atoms with van der Waals surface area (Å²) in [5, 5.41) is 18.5. The van der Waals surface area contributed by atoms with E-state index >= 15 is 0 Å². The lowest BCUT2D eigenvalue weighted by molar-refractivity contribution is -0.156. The van der Waals surface area contributed by atoms with Gasteiger partial charge in [-0.25, -0.2) is 0 Å². The molecule has 13 heteroatoms. The van der Waals surface area contributed by atoms with Crippen LogP contribution in [0.2, 0.25) is 0 Å². The Hall–Kier alpha value is -2.80. The van der Waals surface area contributed by atoms with Crippen LogP contribution >= 0.6 is 59.4 Å². The molecule has 0 radical (unpaired) electrons. The van der Waals surface area contributed by atoms with E-state index in [4.69, 9.17) is 35.7 Å². The largest absolute Gasteiger partial charge is 0.508 e. The van der Waals surface area contributed by atoms with E-state index in [9.17, 15) is 19.5 Å². The van der Waals surface area contributed by atoms with Crippen molar-refractivity contribution in [3.8, 4) is 17.2 Å². The predicted octanol–water partition coefficient (Wildman–Crippen LogP) is 16.6. The SMILES string of the molecule is CC(C)COC(=O)C(C)(C)CCCCl.CCc1cc(Br)c(C)cc1O.CCc1cc(Br)c(C)cc1OCCCC(C)(C)C(=O)O.CCc1cc(Br)c(C)cc1OCCCC(C)(C)C(=O)OCC(C)C. The van der Waals surface area contributed by atoms with E-state index in [2.05, 4.69) is 86.8 Å². The van der Waals surface area contributed by atoms with Gasteiger partial charge >= 0.3 is 17.9 Å². The quantitative estimate of drug-likeness (QED) is 0.0542. The molecule has 69 heavy (non-hydrogen) atoms. The number of carbonyl (C=O) groups is 3. The first-order valence-electron chi connectivity index (χ1n) is 24.4. The lowest BCUT2D eigenvalue weighted by atomic mass is 9.88. The van der Waals surface area contributed by atoms with Crippen molar-refractivity contribution < 1.29 is 43.5 Å². The summed E-state index contributed by atoms with van der Waals surface area (Å²) in [4.78, 5) is 34.8. The molecule has 0 amide bonds. The molecule has 0 saturated heterocycles. The molecule has 0 aliphatic rings. The number of aliphatic carboxylic acids is 1. The van der Waals surface area contributed by atoms with E-state index in [1.54, 1.807) is 19.9 Å². The summed E-state index contributed by atoms with van der Waals surface area (Å²) < 4.78 is 25.6. The molecular formula is C56H86Br3ClO9. The number of carbonyl (C=O) groups excluding carboxylic acids is 2. The molecule has 3 aromatic carbocycles. The van der Waals surface area contributed by atoms with Gasteiger partial charge in [0.2, 0.25) is 0 Å². The number of ether oxygens (including phenoxy) is 4. The van der Waals surface area contributed by atoms with Crippen molar-refractivity contribution in [1.82, 2.24) is 0 Å². The van der Waals surface area contributed by atoms with E-state index in [1.165, 1.54) is 16.7 Å². The summed E-state index contributed by atoms with van der Waals surface area (Å²) in [6.45, 7) is 33.8. The van der Waals surface area contributed by atoms with Gasteiger partial charge in [0.05, 0.1) is 42.7 Å². The van der Waals surface area contributed by atoms with E-state index in [1.807, 2.05) is 88.3 Å². The Morgan fingerprint density at radius 1 is 0.565 bits per heavy atom. The van der Waals surface area contributed by atoms with Crippen LogP contribution in [0.25, 0.3) is 0 Å². The summed E-state index contributed by atoms with van der Waals surface area (Å²) >= 11 is 16.1. The zero-order chi connectivity index (χ0) is 53.3. The van der Waals surface area contributed by atoms with Crippen LogP contribution in [0.15, 0.2) is 49.8 Å². The van der Waals surface area contributed by atoms with Crippen LogP contribution in [-0.4, -0.2) is 60.4 Å². The second kappa shape index (κ2) is 33.0. The highest BCUT2D eigenvalue weighted by molar-refractivity contribution is 9.11. The first-order valence-corrected chi connectivity index (χ1v) is 27.4. The third kappa shape index (κ3) is 25.9. The Kier molecular flexibility index (Phi) is 31.7. The molecule has 392 valence electrons. The van der Waals surface area contributed by atoms with Gasteiger partial charge in [-0.2, -0.15) is 0 Å². The van der Waals surface area contributed by atoms with Gasteiger partial charge in [0.15, 0.2) is 0 Å². The number of halogens is 4. The highest BCUT2D eigenvalue weighted by Crippen LogP contribution is 2.31. The van der Waals surface area contributed by atoms with Crippen LogP contribution in [-0.2, 0) is 43.1 Å². The summed E-state index contributed by atoms with van der Waals surface area (Å²) in [7, 11) is 0. The number of benzene rings is 3. The number of hydrogen-bond acceptors (Lipinski definition) is 8. The van der Waals surface area contributed by atoms with Crippen molar-refractivity contribution >= 4 is 77.3 Å². The fraction of sp³-hybridized carbons (Fsp3) is 0.625.